The van der Waals surface area contributed by atoms with E-state index in [0.29, 0.717) is 0 Å². The Balaban J connectivity index is 1.21. The van der Waals surface area contributed by atoms with Gasteiger partial charge in [0.1, 0.15) is 0 Å². The maximum Gasteiger partial charge on any atom is 0.0619 e. The number of allylic oxidation sites excluding steroid dienone is 4. The van der Waals surface area contributed by atoms with Crippen LogP contribution in [-0.2, 0) is 5.41 Å². The number of hydrogen-bond donors (Lipinski definition) is 0. The van der Waals surface area contributed by atoms with E-state index in [1.54, 1.807) is 0 Å². The highest BCUT2D eigenvalue weighted by molar-refractivity contribution is 6.19. The summed E-state index contributed by atoms with van der Waals surface area (Å²) in [6.45, 7) is 4.70. The van der Waals surface area contributed by atoms with Crippen LogP contribution >= 0.6 is 0 Å². The third-order valence-corrected chi connectivity index (χ3v) is 11.2. The molecule has 0 unspecified atom stereocenters. The standard InChI is InChI=1S/C49H38N2/c1-49(2)45-20-12-11-19-41(45)43-31-38(26-29-46(43)49)50(37-24-21-34(22-25-37)33-13-5-3-6-14-33)39-27-30-47-44(32-39)42-28-23-35-15-9-10-18-40(35)48(42)51(47)36-16-7-4-8-17-36/h3-5,7-13,15-32H,6,14H2,1-2H3. The van der Waals surface area contributed by atoms with Crippen molar-refractivity contribution in [3.05, 3.63) is 187 Å². The lowest BCUT2D eigenvalue weighted by Crippen LogP contribution is -2.15. The van der Waals surface area contributed by atoms with Gasteiger partial charge < -0.3 is 9.47 Å². The van der Waals surface area contributed by atoms with Gasteiger partial charge in [-0.2, -0.15) is 0 Å². The highest BCUT2D eigenvalue weighted by atomic mass is 15.1. The van der Waals surface area contributed by atoms with Crippen molar-refractivity contribution >= 4 is 55.2 Å². The first-order valence-electron chi connectivity index (χ1n) is 18.1. The number of hydrogen-bond acceptors (Lipinski definition) is 1. The Morgan fingerprint density at radius 2 is 1.29 bits per heavy atom. The van der Waals surface area contributed by atoms with Crippen molar-refractivity contribution in [2.45, 2.75) is 32.1 Å². The summed E-state index contributed by atoms with van der Waals surface area (Å²) in [6, 6.07) is 56.3. The Labute approximate surface area is 299 Å². The fourth-order valence-corrected chi connectivity index (χ4v) is 8.72. The molecule has 2 heteroatoms. The molecule has 0 saturated heterocycles. The van der Waals surface area contributed by atoms with E-state index in [1.165, 1.54) is 71.7 Å². The average Bonchev–Trinajstić information content (AvgIpc) is 3.64. The summed E-state index contributed by atoms with van der Waals surface area (Å²) in [6.07, 6.45) is 8.87. The van der Waals surface area contributed by atoms with Crippen LogP contribution < -0.4 is 4.90 Å². The second-order valence-electron chi connectivity index (χ2n) is 14.5. The molecule has 244 valence electrons. The topological polar surface area (TPSA) is 8.17 Å². The number of nitrogens with zero attached hydrogens (tertiary/aromatic N) is 2. The zero-order valence-electron chi connectivity index (χ0n) is 29.0. The second-order valence-corrected chi connectivity index (χ2v) is 14.5. The highest BCUT2D eigenvalue weighted by Gasteiger charge is 2.35. The molecule has 0 fully saturated rings. The average molecular weight is 655 g/mol. The van der Waals surface area contributed by atoms with Gasteiger partial charge in [-0.1, -0.05) is 129 Å². The van der Waals surface area contributed by atoms with E-state index >= 15 is 0 Å². The maximum atomic E-state index is 2.44. The van der Waals surface area contributed by atoms with Crippen molar-refractivity contribution < 1.29 is 0 Å². The molecule has 0 aliphatic heterocycles. The predicted octanol–water partition coefficient (Wildman–Crippen LogP) is 13.4. The lowest BCUT2D eigenvalue weighted by molar-refractivity contribution is 0.660. The number of anilines is 3. The normalized spacial score (nSPS) is 14.5. The number of benzene rings is 7. The zero-order chi connectivity index (χ0) is 34.1. The Morgan fingerprint density at radius 3 is 2.14 bits per heavy atom. The largest absolute Gasteiger partial charge is 0.310 e. The van der Waals surface area contributed by atoms with E-state index in [9.17, 15) is 0 Å². The molecule has 0 bridgehead atoms. The van der Waals surface area contributed by atoms with Gasteiger partial charge in [0.15, 0.2) is 0 Å². The molecule has 51 heavy (non-hydrogen) atoms. The Kier molecular flexibility index (Phi) is 6.69. The van der Waals surface area contributed by atoms with E-state index in [1.807, 2.05) is 0 Å². The summed E-state index contributed by atoms with van der Waals surface area (Å²) in [4.78, 5) is 2.44. The molecule has 1 heterocycles. The lowest BCUT2D eigenvalue weighted by Gasteiger charge is -2.27. The van der Waals surface area contributed by atoms with Crippen molar-refractivity contribution in [3.8, 4) is 16.8 Å². The van der Waals surface area contributed by atoms with Gasteiger partial charge in [-0.3, -0.25) is 0 Å². The van der Waals surface area contributed by atoms with Crippen LogP contribution in [0.5, 0.6) is 0 Å². The van der Waals surface area contributed by atoms with E-state index in [-0.39, 0.29) is 5.41 Å². The van der Waals surface area contributed by atoms with Crippen LogP contribution in [0.3, 0.4) is 0 Å². The predicted molar refractivity (Wildman–Crippen MR) is 217 cm³/mol. The summed E-state index contributed by atoms with van der Waals surface area (Å²) in [7, 11) is 0. The molecule has 0 spiro atoms. The molecular weight excluding hydrogens is 617 g/mol. The van der Waals surface area contributed by atoms with Crippen molar-refractivity contribution in [1.29, 1.82) is 0 Å². The highest BCUT2D eigenvalue weighted by Crippen LogP contribution is 2.51. The number of rotatable bonds is 5. The van der Waals surface area contributed by atoms with Crippen LogP contribution in [0.4, 0.5) is 17.1 Å². The zero-order valence-corrected chi connectivity index (χ0v) is 29.0. The number of para-hydroxylation sites is 1. The molecule has 1 aromatic heterocycles. The molecule has 2 aliphatic carbocycles. The van der Waals surface area contributed by atoms with E-state index in [4.69, 9.17) is 0 Å². The fourth-order valence-electron chi connectivity index (χ4n) is 8.72. The van der Waals surface area contributed by atoms with Gasteiger partial charge in [0, 0.05) is 44.3 Å². The van der Waals surface area contributed by atoms with Crippen molar-refractivity contribution in [2.75, 3.05) is 4.90 Å². The summed E-state index contributed by atoms with van der Waals surface area (Å²) in [5.74, 6) is 0. The summed E-state index contributed by atoms with van der Waals surface area (Å²) in [5, 5.41) is 5.00. The monoisotopic (exact) mass is 654 g/mol. The smallest absolute Gasteiger partial charge is 0.0619 e. The maximum absolute atomic E-state index is 2.44. The fraction of sp³-hybridized carbons (Fsp3) is 0.102. The molecule has 2 aliphatic rings. The van der Waals surface area contributed by atoms with Gasteiger partial charge >= 0.3 is 0 Å². The van der Waals surface area contributed by atoms with Crippen LogP contribution in [0, 0.1) is 0 Å². The van der Waals surface area contributed by atoms with Gasteiger partial charge in [-0.25, -0.2) is 0 Å². The third-order valence-electron chi connectivity index (χ3n) is 11.2. The minimum Gasteiger partial charge on any atom is -0.310 e. The minimum absolute atomic E-state index is 0.0416. The molecule has 0 amide bonds. The first kappa shape index (κ1) is 29.8. The van der Waals surface area contributed by atoms with Gasteiger partial charge in [0.05, 0.1) is 11.0 Å². The van der Waals surface area contributed by atoms with Crippen LogP contribution in [0.1, 0.15) is 43.4 Å². The van der Waals surface area contributed by atoms with Crippen molar-refractivity contribution in [3.63, 3.8) is 0 Å². The van der Waals surface area contributed by atoms with Gasteiger partial charge in [-0.05, 0) is 106 Å². The van der Waals surface area contributed by atoms with E-state index in [0.717, 1.165) is 29.9 Å². The molecule has 8 aromatic rings. The molecule has 10 rings (SSSR count). The van der Waals surface area contributed by atoms with Crippen LogP contribution in [0.25, 0.3) is 55.0 Å². The second kappa shape index (κ2) is 11.5. The SMILES string of the molecule is CC1(C)c2ccccc2-c2cc(N(c3ccc(C4=CC=CCC4)cc3)c3ccc4c(c3)c3ccc5ccccc5c3n4-c3ccccc3)ccc21. The van der Waals surface area contributed by atoms with Crippen LogP contribution in [0.2, 0.25) is 0 Å². The minimum atomic E-state index is -0.0416. The van der Waals surface area contributed by atoms with Gasteiger partial charge in [0.25, 0.3) is 0 Å². The lowest BCUT2D eigenvalue weighted by atomic mass is 9.82. The molecule has 7 aromatic carbocycles. The molecule has 0 saturated carbocycles. The molecule has 2 nitrogen and oxygen atoms in total. The molecular formula is C49H38N2. The first-order valence-corrected chi connectivity index (χ1v) is 18.1. The summed E-state index contributed by atoms with van der Waals surface area (Å²) < 4.78 is 2.44. The molecule has 0 atom stereocenters. The number of aromatic nitrogens is 1. The van der Waals surface area contributed by atoms with Gasteiger partial charge in [-0.15, -0.1) is 0 Å². The van der Waals surface area contributed by atoms with E-state index in [2.05, 4.69) is 193 Å². The first-order chi connectivity index (χ1) is 25.1. The molecule has 0 N–H and O–H groups in total. The summed E-state index contributed by atoms with van der Waals surface area (Å²) >= 11 is 0. The van der Waals surface area contributed by atoms with Gasteiger partial charge in [0.2, 0.25) is 0 Å². The summed E-state index contributed by atoms with van der Waals surface area (Å²) in [5.41, 5.74) is 15.1. The Morgan fingerprint density at radius 1 is 0.569 bits per heavy atom. The van der Waals surface area contributed by atoms with Crippen LogP contribution in [0.15, 0.2) is 170 Å². The quantitative estimate of drug-likeness (QED) is 0.179. The third kappa shape index (κ3) is 4.63. The Bertz CT molecular complexity index is 2700. The molecule has 0 radical (unpaired) electrons. The Hall–Kier alpha value is -6.12. The van der Waals surface area contributed by atoms with Crippen molar-refractivity contribution in [1.82, 2.24) is 4.57 Å². The van der Waals surface area contributed by atoms with Crippen LogP contribution in [-0.4, -0.2) is 4.57 Å². The van der Waals surface area contributed by atoms with E-state index < -0.39 is 0 Å². The van der Waals surface area contributed by atoms with Crippen molar-refractivity contribution in [2.24, 2.45) is 0 Å². The number of fused-ring (bicyclic) bond motifs is 8.